The lowest BCUT2D eigenvalue weighted by molar-refractivity contribution is 0.990. The lowest BCUT2D eigenvalue weighted by atomic mass is 10.3. The highest BCUT2D eigenvalue weighted by Crippen LogP contribution is 2.40. The standard InChI is InChI=1S/C9H14/c1-3-5-8-7-9(8)6-4-2/h3-6,8-9H,7H2,1-2H3/b5-3-,6-4+/t8-,9+/m1/s1. The van der Waals surface area contributed by atoms with Gasteiger partial charge in [-0.2, -0.15) is 0 Å². The quantitative estimate of drug-likeness (QED) is 0.494. The smallest absolute Gasteiger partial charge is 0.0165 e. The molecule has 1 fully saturated rings. The van der Waals surface area contributed by atoms with Crippen LogP contribution in [0.4, 0.5) is 0 Å². The summed E-state index contributed by atoms with van der Waals surface area (Å²) in [5.41, 5.74) is 0. The van der Waals surface area contributed by atoms with Crippen molar-refractivity contribution in [3.63, 3.8) is 0 Å². The molecule has 0 heteroatoms. The molecular formula is C9H14. The first-order valence-electron chi connectivity index (χ1n) is 3.64. The van der Waals surface area contributed by atoms with Gasteiger partial charge in [-0.1, -0.05) is 24.3 Å². The second kappa shape index (κ2) is 2.86. The van der Waals surface area contributed by atoms with E-state index in [4.69, 9.17) is 0 Å². The summed E-state index contributed by atoms with van der Waals surface area (Å²) >= 11 is 0. The number of allylic oxidation sites excluding steroid dienone is 4. The molecule has 1 aliphatic rings. The molecule has 0 heterocycles. The van der Waals surface area contributed by atoms with E-state index in [1.54, 1.807) is 0 Å². The van der Waals surface area contributed by atoms with Crippen LogP contribution in [0.15, 0.2) is 24.3 Å². The Balaban J connectivity index is 2.24. The van der Waals surface area contributed by atoms with Gasteiger partial charge in [-0.15, -0.1) is 0 Å². The van der Waals surface area contributed by atoms with Crippen molar-refractivity contribution in [2.24, 2.45) is 11.8 Å². The van der Waals surface area contributed by atoms with Gasteiger partial charge in [-0.3, -0.25) is 0 Å². The van der Waals surface area contributed by atoms with Crippen LogP contribution in [-0.4, -0.2) is 0 Å². The van der Waals surface area contributed by atoms with E-state index in [2.05, 4.69) is 38.2 Å². The Bertz CT molecular complexity index is 115. The van der Waals surface area contributed by atoms with Crippen molar-refractivity contribution in [3.8, 4) is 0 Å². The van der Waals surface area contributed by atoms with Gasteiger partial charge < -0.3 is 0 Å². The van der Waals surface area contributed by atoms with Crippen LogP contribution in [0.1, 0.15) is 20.3 Å². The van der Waals surface area contributed by atoms with E-state index < -0.39 is 0 Å². The van der Waals surface area contributed by atoms with Gasteiger partial charge in [0.1, 0.15) is 0 Å². The zero-order valence-corrected chi connectivity index (χ0v) is 6.17. The highest BCUT2D eigenvalue weighted by atomic mass is 14.4. The topological polar surface area (TPSA) is 0 Å². The highest BCUT2D eigenvalue weighted by molar-refractivity contribution is 5.09. The Morgan fingerprint density at radius 1 is 1.00 bits per heavy atom. The molecule has 50 valence electrons. The molecule has 1 rings (SSSR count). The predicted octanol–water partition coefficient (Wildman–Crippen LogP) is 2.77. The van der Waals surface area contributed by atoms with Gasteiger partial charge in [0.2, 0.25) is 0 Å². The molecular weight excluding hydrogens is 108 g/mol. The summed E-state index contributed by atoms with van der Waals surface area (Å²) in [5.74, 6) is 1.73. The average Bonchev–Trinajstić information content (AvgIpc) is 2.50. The summed E-state index contributed by atoms with van der Waals surface area (Å²) < 4.78 is 0. The van der Waals surface area contributed by atoms with Crippen LogP contribution >= 0.6 is 0 Å². The fraction of sp³-hybridized carbons (Fsp3) is 0.556. The molecule has 2 atom stereocenters. The number of rotatable bonds is 2. The lowest BCUT2D eigenvalue weighted by Crippen LogP contribution is -1.69. The SMILES string of the molecule is C/C=C\[C@@H]1C[C@@H]1/C=C/C. The minimum absolute atomic E-state index is 0.867. The zero-order valence-electron chi connectivity index (χ0n) is 6.17. The van der Waals surface area contributed by atoms with E-state index in [9.17, 15) is 0 Å². The highest BCUT2D eigenvalue weighted by Gasteiger charge is 2.31. The van der Waals surface area contributed by atoms with E-state index in [-0.39, 0.29) is 0 Å². The molecule has 0 aromatic carbocycles. The molecule has 0 amide bonds. The maximum atomic E-state index is 2.30. The van der Waals surface area contributed by atoms with Crippen molar-refractivity contribution in [3.05, 3.63) is 24.3 Å². The molecule has 1 aliphatic carbocycles. The Hall–Kier alpha value is -0.520. The Morgan fingerprint density at radius 3 is 1.78 bits per heavy atom. The van der Waals surface area contributed by atoms with Crippen LogP contribution in [0.25, 0.3) is 0 Å². The summed E-state index contributed by atoms with van der Waals surface area (Å²) in [6.07, 6.45) is 10.3. The van der Waals surface area contributed by atoms with E-state index in [1.165, 1.54) is 6.42 Å². The Morgan fingerprint density at radius 2 is 1.44 bits per heavy atom. The molecule has 0 unspecified atom stereocenters. The van der Waals surface area contributed by atoms with E-state index in [0.717, 1.165) is 11.8 Å². The zero-order chi connectivity index (χ0) is 6.69. The molecule has 0 nitrogen and oxygen atoms in total. The van der Waals surface area contributed by atoms with Crippen LogP contribution in [0.3, 0.4) is 0 Å². The molecule has 0 N–H and O–H groups in total. The van der Waals surface area contributed by atoms with Gasteiger partial charge in [-0.25, -0.2) is 0 Å². The number of hydrogen-bond acceptors (Lipinski definition) is 0. The van der Waals surface area contributed by atoms with Gasteiger partial charge >= 0.3 is 0 Å². The molecule has 1 saturated carbocycles. The van der Waals surface area contributed by atoms with Crippen molar-refractivity contribution in [2.75, 3.05) is 0 Å². The molecule has 0 spiro atoms. The minimum Gasteiger partial charge on any atom is -0.0914 e. The largest absolute Gasteiger partial charge is 0.0914 e. The second-order valence-corrected chi connectivity index (χ2v) is 2.61. The Kier molecular flexibility index (Phi) is 2.10. The van der Waals surface area contributed by atoms with Crippen LogP contribution in [-0.2, 0) is 0 Å². The summed E-state index contributed by atoms with van der Waals surface area (Å²) in [5, 5.41) is 0. The van der Waals surface area contributed by atoms with Gasteiger partial charge in [0.15, 0.2) is 0 Å². The van der Waals surface area contributed by atoms with Crippen LogP contribution in [0.5, 0.6) is 0 Å². The molecule has 0 bridgehead atoms. The fourth-order valence-corrected chi connectivity index (χ4v) is 1.17. The predicted molar refractivity (Wildman–Crippen MR) is 41.2 cm³/mol. The van der Waals surface area contributed by atoms with Crippen molar-refractivity contribution < 1.29 is 0 Å². The lowest BCUT2D eigenvalue weighted by Gasteiger charge is -1.80. The minimum atomic E-state index is 0.867. The average molecular weight is 122 g/mol. The van der Waals surface area contributed by atoms with Crippen molar-refractivity contribution in [1.82, 2.24) is 0 Å². The first-order valence-corrected chi connectivity index (χ1v) is 3.64. The monoisotopic (exact) mass is 122 g/mol. The summed E-state index contributed by atoms with van der Waals surface area (Å²) in [4.78, 5) is 0. The third kappa shape index (κ3) is 1.70. The maximum Gasteiger partial charge on any atom is -0.0165 e. The first kappa shape index (κ1) is 6.60. The third-order valence-corrected chi connectivity index (χ3v) is 1.77. The Labute approximate surface area is 57.3 Å². The molecule has 0 saturated heterocycles. The van der Waals surface area contributed by atoms with Crippen LogP contribution in [0, 0.1) is 11.8 Å². The second-order valence-electron chi connectivity index (χ2n) is 2.61. The molecule has 9 heavy (non-hydrogen) atoms. The van der Waals surface area contributed by atoms with Gasteiger partial charge in [0, 0.05) is 0 Å². The third-order valence-electron chi connectivity index (χ3n) is 1.77. The van der Waals surface area contributed by atoms with Crippen LogP contribution < -0.4 is 0 Å². The van der Waals surface area contributed by atoms with Gasteiger partial charge in [0.05, 0.1) is 0 Å². The van der Waals surface area contributed by atoms with Crippen molar-refractivity contribution >= 4 is 0 Å². The summed E-state index contributed by atoms with van der Waals surface area (Å²) in [6.45, 7) is 4.18. The van der Waals surface area contributed by atoms with E-state index in [0.29, 0.717) is 0 Å². The molecule has 0 aliphatic heterocycles. The van der Waals surface area contributed by atoms with E-state index >= 15 is 0 Å². The summed E-state index contributed by atoms with van der Waals surface area (Å²) in [7, 11) is 0. The van der Waals surface area contributed by atoms with Crippen molar-refractivity contribution in [1.29, 1.82) is 0 Å². The van der Waals surface area contributed by atoms with Gasteiger partial charge in [0.25, 0.3) is 0 Å². The first-order chi connectivity index (χ1) is 4.38. The van der Waals surface area contributed by atoms with Crippen LogP contribution in [0.2, 0.25) is 0 Å². The number of hydrogen-bond donors (Lipinski definition) is 0. The molecule has 0 aromatic rings. The molecule has 0 aromatic heterocycles. The van der Waals surface area contributed by atoms with Gasteiger partial charge in [-0.05, 0) is 32.1 Å². The summed E-state index contributed by atoms with van der Waals surface area (Å²) in [6, 6.07) is 0. The molecule has 0 radical (unpaired) electrons. The fourth-order valence-electron chi connectivity index (χ4n) is 1.17. The normalized spacial score (nSPS) is 34.4. The van der Waals surface area contributed by atoms with E-state index in [1.807, 2.05) is 0 Å². The maximum absolute atomic E-state index is 2.30. The van der Waals surface area contributed by atoms with Crippen molar-refractivity contribution in [2.45, 2.75) is 20.3 Å².